The van der Waals surface area contributed by atoms with E-state index in [0.717, 1.165) is 39.1 Å². The largest absolute Gasteiger partial charge is 0.452 e. The number of hydrogen-bond donors (Lipinski definition) is 1. The van der Waals surface area contributed by atoms with Crippen molar-refractivity contribution in [3.05, 3.63) is 64.7 Å². The van der Waals surface area contributed by atoms with Crippen LogP contribution in [0.25, 0.3) is 0 Å². The number of nitrogens with zero attached hydrogens (tertiary/aromatic N) is 1. The van der Waals surface area contributed by atoms with Crippen LogP contribution in [-0.4, -0.2) is 35.2 Å². The van der Waals surface area contributed by atoms with Crippen molar-refractivity contribution in [2.45, 2.75) is 45.3 Å². The molecule has 0 fully saturated rings. The Morgan fingerprint density at radius 1 is 1.06 bits per heavy atom. The van der Waals surface area contributed by atoms with Crippen molar-refractivity contribution in [3.63, 3.8) is 0 Å². The number of hydrogen-bond acceptors (Lipinski definition) is 6. The molecule has 0 saturated carbocycles. The molecule has 32 heavy (non-hydrogen) atoms. The molecule has 2 aromatic carbocycles. The minimum absolute atomic E-state index is 0.263. The van der Waals surface area contributed by atoms with Gasteiger partial charge in [-0.25, -0.2) is 4.79 Å². The zero-order valence-electron chi connectivity index (χ0n) is 19.0. The van der Waals surface area contributed by atoms with E-state index in [1.807, 2.05) is 30.3 Å². The van der Waals surface area contributed by atoms with Crippen LogP contribution >= 0.6 is 23.5 Å². The maximum absolute atomic E-state index is 12.7. The number of anilines is 1. The van der Waals surface area contributed by atoms with Gasteiger partial charge in [-0.05, 0) is 34.6 Å². The molecular weight excluding hydrogens is 440 g/mol. The topological polar surface area (TPSA) is 67.8 Å². The summed E-state index contributed by atoms with van der Waals surface area (Å²) in [4.78, 5) is 29.8. The molecule has 0 aliphatic carbocycles. The number of thioether (sulfide) groups is 2. The summed E-state index contributed by atoms with van der Waals surface area (Å²) in [5, 5.41) is 2.99. The van der Waals surface area contributed by atoms with Gasteiger partial charge in [0.15, 0.2) is 6.61 Å². The van der Waals surface area contributed by atoms with Crippen LogP contribution in [0.3, 0.4) is 0 Å². The van der Waals surface area contributed by atoms with Gasteiger partial charge in [0, 0.05) is 17.2 Å². The third-order valence-corrected chi connectivity index (χ3v) is 7.42. The second-order valence-corrected chi connectivity index (χ2v) is 10.5. The van der Waals surface area contributed by atoms with E-state index >= 15 is 0 Å². The molecule has 1 N–H and O–H groups in total. The lowest BCUT2D eigenvalue weighted by Gasteiger charge is -2.20. The fourth-order valence-corrected chi connectivity index (χ4v) is 5.48. The molecule has 7 heteroatoms. The van der Waals surface area contributed by atoms with Crippen molar-refractivity contribution in [1.82, 2.24) is 0 Å². The number of carbonyl (C=O) groups excluding carboxylic acids is 2. The Balaban J connectivity index is 1.64. The number of para-hydroxylation sites is 1. The average molecular weight is 471 g/mol. The molecular formula is C25H30N2O3S2. The quantitative estimate of drug-likeness (QED) is 0.475. The highest BCUT2D eigenvalue weighted by Crippen LogP contribution is 2.32. The highest BCUT2D eigenvalue weighted by Gasteiger charge is 2.19. The highest BCUT2D eigenvalue weighted by molar-refractivity contribution is 8.38. The summed E-state index contributed by atoms with van der Waals surface area (Å²) in [6.07, 6.45) is 0. The molecule has 0 bridgehead atoms. The zero-order valence-corrected chi connectivity index (χ0v) is 20.6. The van der Waals surface area contributed by atoms with E-state index in [1.165, 1.54) is 0 Å². The summed E-state index contributed by atoms with van der Waals surface area (Å²) in [6, 6.07) is 13.4. The van der Waals surface area contributed by atoms with E-state index in [0.29, 0.717) is 11.3 Å². The number of esters is 1. The van der Waals surface area contributed by atoms with Crippen LogP contribution in [-0.2, 0) is 15.3 Å². The van der Waals surface area contributed by atoms with Crippen LogP contribution in [0, 0.1) is 0 Å². The van der Waals surface area contributed by atoms with Gasteiger partial charge in [0.25, 0.3) is 5.91 Å². The summed E-state index contributed by atoms with van der Waals surface area (Å²) < 4.78 is 6.43. The average Bonchev–Trinajstić information content (AvgIpc) is 3.29. The maximum atomic E-state index is 12.7. The molecule has 1 aliphatic heterocycles. The number of nitrogens with one attached hydrogen (secondary N) is 1. The highest BCUT2D eigenvalue weighted by atomic mass is 32.2. The number of amides is 1. The van der Waals surface area contributed by atoms with Crippen molar-refractivity contribution in [3.8, 4) is 0 Å². The molecule has 1 heterocycles. The zero-order chi connectivity index (χ0) is 23.1. The second-order valence-electron chi connectivity index (χ2n) is 8.19. The number of aliphatic imine (C=N–C) groups is 1. The molecule has 0 atom stereocenters. The molecule has 1 aliphatic rings. The first-order valence-electron chi connectivity index (χ1n) is 10.8. The van der Waals surface area contributed by atoms with Gasteiger partial charge in [-0.2, -0.15) is 0 Å². The third-order valence-electron chi connectivity index (χ3n) is 5.12. The molecule has 0 unspecified atom stereocenters. The Morgan fingerprint density at radius 2 is 1.75 bits per heavy atom. The van der Waals surface area contributed by atoms with Crippen LogP contribution < -0.4 is 5.32 Å². The van der Waals surface area contributed by atoms with E-state index in [1.54, 1.807) is 35.7 Å². The molecule has 2 aromatic rings. The first-order valence-corrected chi connectivity index (χ1v) is 12.8. The Labute approximate surface area is 198 Å². The molecule has 170 valence electrons. The summed E-state index contributed by atoms with van der Waals surface area (Å²) >= 11 is 3.37. The van der Waals surface area contributed by atoms with E-state index < -0.39 is 5.97 Å². The van der Waals surface area contributed by atoms with Crippen molar-refractivity contribution in [2.75, 3.05) is 24.2 Å². The Bertz CT molecular complexity index is 976. The van der Waals surface area contributed by atoms with Gasteiger partial charge in [0.05, 0.1) is 12.1 Å². The molecule has 0 aromatic heterocycles. The number of rotatable bonds is 8. The van der Waals surface area contributed by atoms with E-state index in [2.05, 4.69) is 38.0 Å². The van der Waals surface area contributed by atoms with Gasteiger partial charge in [0.2, 0.25) is 0 Å². The van der Waals surface area contributed by atoms with Gasteiger partial charge in [-0.1, -0.05) is 87.6 Å². The molecule has 1 amide bonds. The Kier molecular flexibility index (Phi) is 8.82. The summed E-state index contributed by atoms with van der Waals surface area (Å²) in [7, 11) is 0. The predicted molar refractivity (Wildman–Crippen MR) is 136 cm³/mol. The minimum Gasteiger partial charge on any atom is -0.452 e. The maximum Gasteiger partial charge on any atom is 0.338 e. The van der Waals surface area contributed by atoms with Crippen LogP contribution in [0.4, 0.5) is 5.69 Å². The minimum atomic E-state index is -0.487. The van der Waals surface area contributed by atoms with Gasteiger partial charge < -0.3 is 10.1 Å². The fourth-order valence-electron chi connectivity index (χ4n) is 3.47. The summed E-state index contributed by atoms with van der Waals surface area (Å²) in [5.41, 5.74) is 4.34. The first-order chi connectivity index (χ1) is 15.4. The summed E-state index contributed by atoms with van der Waals surface area (Å²) in [6.45, 7) is 8.91. The fraction of sp³-hybridized carbons (Fsp3) is 0.400. The van der Waals surface area contributed by atoms with Crippen molar-refractivity contribution in [2.24, 2.45) is 4.99 Å². The van der Waals surface area contributed by atoms with E-state index in [9.17, 15) is 9.59 Å². The van der Waals surface area contributed by atoms with Gasteiger partial charge >= 0.3 is 5.97 Å². The molecule has 5 nitrogen and oxygen atoms in total. The number of ether oxygens (including phenoxy) is 1. The van der Waals surface area contributed by atoms with Crippen molar-refractivity contribution in [1.29, 1.82) is 0 Å². The number of carbonyl (C=O) groups is 2. The smallest absolute Gasteiger partial charge is 0.338 e. The SMILES string of the molecule is CC(C)c1cccc(C(C)C)c1NC(=O)COC(=O)c1ccccc1CSC1=NCCS1. The third kappa shape index (κ3) is 6.39. The standard InChI is InChI=1S/C25H30N2O3S2/c1-16(2)19-10-7-11-20(17(3)4)23(19)27-22(28)14-30-24(29)21-9-6-5-8-18(21)15-32-25-26-12-13-31-25/h5-11,16-17H,12-15H2,1-4H3,(H,27,28). The molecule has 0 saturated heterocycles. The molecule has 0 spiro atoms. The Morgan fingerprint density at radius 3 is 2.38 bits per heavy atom. The van der Waals surface area contributed by atoms with Crippen LogP contribution in [0.1, 0.15) is 66.6 Å². The number of benzene rings is 2. The van der Waals surface area contributed by atoms with E-state index in [-0.39, 0.29) is 24.3 Å². The van der Waals surface area contributed by atoms with Crippen LogP contribution in [0.5, 0.6) is 0 Å². The molecule has 3 rings (SSSR count). The predicted octanol–water partition coefficient (Wildman–Crippen LogP) is 6.06. The lowest BCUT2D eigenvalue weighted by molar-refractivity contribution is -0.119. The van der Waals surface area contributed by atoms with Gasteiger partial charge in [0.1, 0.15) is 4.38 Å². The molecule has 0 radical (unpaired) electrons. The lowest BCUT2D eigenvalue weighted by atomic mass is 9.92. The van der Waals surface area contributed by atoms with E-state index in [4.69, 9.17) is 4.74 Å². The summed E-state index contributed by atoms with van der Waals surface area (Å²) in [5.74, 6) is 1.36. The lowest BCUT2D eigenvalue weighted by Crippen LogP contribution is -2.23. The van der Waals surface area contributed by atoms with Crippen molar-refractivity contribution < 1.29 is 14.3 Å². The van der Waals surface area contributed by atoms with Crippen LogP contribution in [0.2, 0.25) is 0 Å². The van der Waals surface area contributed by atoms with Gasteiger partial charge in [-0.3, -0.25) is 9.79 Å². The van der Waals surface area contributed by atoms with Crippen LogP contribution in [0.15, 0.2) is 47.5 Å². The van der Waals surface area contributed by atoms with Gasteiger partial charge in [-0.15, -0.1) is 0 Å². The Hall–Kier alpha value is -2.25. The first kappa shape index (κ1) is 24.4. The normalized spacial score (nSPS) is 13.4. The monoisotopic (exact) mass is 470 g/mol. The second kappa shape index (κ2) is 11.6. The van der Waals surface area contributed by atoms with Crippen molar-refractivity contribution >= 4 is 45.5 Å².